The molecule has 3 heteroatoms. The van der Waals surface area contributed by atoms with Crippen molar-refractivity contribution in [3.05, 3.63) is 65.7 Å². The molecule has 0 bridgehead atoms. The monoisotopic (exact) mass is 267 g/mol. The maximum atomic E-state index is 11.0. The molecule has 0 saturated heterocycles. The minimum atomic E-state index is -1.02. The average molecular weight is 267 g/mol. The van der Waals surface area contributed by atoms with Crippen LogP contribution in [0.15, 0.2) is 54.6 Å². The summed E-state index contributed by atoms with van der Waals surface area (Å²) in [7, 11) is 0. The highest BCUT2D eigenvalue weighted by Gasteiger charge is 2.28. The Morgan fingerprint density at radius 2 is 1.80 bits per heavy atom. The molecule has 2 aromatic rings. The van der Waals surface area contributed by atoms with E-state index in [-0.39, 0.29) is 18.4 Å². The van der Waals surface area contributed by atoms with Crippen molar-refractivity contribution in [3.8, 4) is 5.75 Å². The van der Waals surface area contributed by atoms with Crippen molar-refractivity contribution in [2.75, 3.05) is 0 Å². The van der Waals surface area contributed by atoms with Gasteiger partial charge in [-0.05, 0) is 36.0 Å². The molecule has 2 aromatic carbocycles. The zero-order valence-corrected chi connectivity index (χ0v) is 11.0. The number of hydrogen-bond acceptors (Lipinski definition) is 3. The minimum absolute atomic E-state index is 0.0315. The Kier molecular flexibility index (Phi) is 3.42. The number of carbonyl (C=O) groups excluding carboxylic acids is 1. The third-order valence-electron chi connectivity index (χ3n) is 3.71. The van der Waals surface area contributed by atoms with E-state index in [1.54, 1.807) is 0 Å². The van der Waals surface area contributed by atoms with Crippen LogP contribution in [0.5, 0.6) is 5.75 Å². The lowest BCUT2D eigenvalue weighted by atomic mass is 9.85. The normalized spacial score (nSPS) is 20.8. The Hall–Kier alpha value is -2.29. The van der Waals surface area contributed by atoms with E-state index < -0.39 is 5.97 Å². The number of benzene rings is 2. The largest absolute Gasteiger partial charge is 0.550 e. The van der Waals surface area contributed by atoms with E-state index in [4.69, 9.17) is 4.74 Å². The molecule has 0 spiro atoms. The fraction of sp³-hybridized carbons (Fsp3) is 0.235. The van der Waals surface area contributed by atoms with Gasteiger partial charge in [-0.1, -0.05) is 48.5 Å². The molecular formula is C17H15O3-. The summed E-state index contributed by atoms with van der Waals surface area (Å²) in [5.41, 5.74) is 2.04. The molecule has 0 unspecified atom stereocenters. The second kappa shape index (κ2) is 5.37. The van der Waals surface area contributed by atoms with Crippen LogP contribution in [0.1, 0.15) is 36.0 Å². The maximum absolute atomic E-state index is 11.0. The fourth-order valence-electron chi connectivity index (χ4n) is 2.78. The van der Waals surface area contributed by atoms with E-state index in [1.165, 1.54) is 0 Å². The van der Waals surface area contributed by atoms with Crippen molar-refractivity contribution in [3.63, 3.8) is 0 Å². The third-order valence-corrected chi connectivity index (χ3v) is 3.71. The standard InChI is InChI=1S/C17H16O3/c18-17(19)11-13-10-16(12-6-2-1-3-7-12)20-15-9-5-4-8-14(13)15/h1-9,13,16H,10-11H2,(H,18,19)/p-1/t13-,16+/m0/s1. The molecule has 2 atom stereocenters. The molecule has 0 saturated carbocycles. The first-order chi connectivity index (χ1) is 9.74. The van der Waals surface area contributed by atoms with Crippen LogP contribution in [0.4, 0.5) is 0 Å². The van der Waals surface area contributed by atoms with Crippen molar-refractivity contribution < 1.29 is 14.6 Å². The van der Waals surface area contributed by atoms with Crippen LogP contribution in [-0.2, 0) is 4.79 Å². The van der Waals surface area contributed by atoms with Crippen molar-refractivity contribution in [2.24, 2.45) is 0 Å². The van der Waals surface area contributed by atoms with Crippen LogP contribution >= 0.6 is 0 Å². The van der Waals surface area contributed by atoms with Crippen LogP contribution in [0, 0.1) is 0 Å². The topological polar surface area (TPSA) is 49.4 Å². The summed E-state index contributed by atoms with van der Waals surface area (Å²) in [5, 5.41) is 11.0. The smallest absolute Gasteiger partial charge is 0.124 e. The number of fused-ring (bicyclic) bond motifs is 1. The Morgan fingerprint density at radius 3 is 2.55 bits per heavy atom. The Morgan fingerprint density at radius 1 is 1.10 bits per heavy atom. The highest BCUT2D eigenvalue weighted by molar-refractivity contribution is 5.66. The zero-order valence-electron chi connectivity index (χ0n) is 11.0. The summed E-state index contributed by atoms with van der Waals surface area (Å²) < 4.78 is 6.02. The van der Waals surface area contributed by atoms with Crippen LogP contribution in [0.25, 0.3) is 0 Å². The lowest BCUT2D eigenvalue weighted by molar-refractivity contribution is -0.306. The Bertz CT molecular complexity index is 607. The number of carboxylic acid groups (broad SMARTS) is 1. The predicted octanol–water partition coefficient (Wildman–Crippen LogP) is 2.43. The summed E-state index contributed by atoms with van der Waals surface area (Å²) in [6, 6.07) is 17.6. The van der Waals surface area contributed by atoms with Gasteiger partial charge in [-0.2, -0.15) is 0 Å². The number of para-hydroxylation sites is 1. The minimum Gasteiger partial charge on any atom is -0.550 e. The van der Waals surface area contributed by atoms with E-state index >= 15 is 0 Å². The molecule has 20 heavy (non-hydrogen) atoms. The first-order valence-corrected chi connectivity index (χ1v) is 6.74. The summed E-state index contributed by atoms with van der Waals surface area (Å²) in [4.78, 5) is 11.0. The lowest BCUT2D eigenvalue weighted by Crippen LogP contribution is -2.27. The van der Waals surface area contributed by atoms with E-state index in [2.05, 4.69) is 0 Å². The second-order valence-corrected chi connectivity index (χ2v) is 5.06. The van der Waals surface area contributed by atoms with Crippen LogP contribution in [0.3, 0.4) is 0 Å². The van der Waals surface area contributed by atoms with Gasteiger partial charge in [0.05, 0.1) is 0 Å². The number of carbonyl (C=O) groups is 1. The highest BCUT2D eigenvalue weighted by atomic mass is 16.5. The van der Waals surface area contributed by atoms with Crippen LogP contribution < -0.4 is 9.84 Å². The van der Waals surface area contributed by atoms with Gasteiger partial charge in [-0.3, -0.25) is 0 Å². The van der Waals surface area contributed by atoms with E-state index in [1.807, 2.05) is 54.6 Å². The fourth-order valence-corrected chi connectivity index (χ4v) is 2.78. The Labute approximate surface area is 117 Å². The van der Waals surface area contributed by atoms with Gasteiger partial charge in [0.25, 0.3) is 0 Å². The quantitative estimate of drug-likeness (QED) is 0.858. The highest BCUT2D eigenvalue weighted by Crippen LogP contribution is 2.43. The number of rotatable bonds is 3. The summed E-state index contributed by atoms with van der Waals surface area (Å²) in [6.45, 7) is 0. The molecule has 0 fully saturated rings. The summed E-state index contributed by atoms with van der Waals surface area (Å²) >= 11 is 0. The molecule has 0 amide bonds. The number of ether oxygens (including phenoxy) is 1. The molecule has 0 aliphatic carbocycles. The molecule has 0 N–H and O–H groups in total. The molecule has 0 aromatic heterocycles. The summed E-state index contributed by atoms with van der Waals surface area (Å²) in [6.07, 6.45) is 0.592. The molecule has 1 aliphatic heterocycles. The van der Waals surface area contributed by atoms with Gasteiger partial charge in [0, 0.05) is 5.97 Å². The predicted molar refractivity (Wildman–Crippen MR) is 73.2 cm³/mol. The Balaban J connectivity index is 1.94. The number of carboxylic acids is 1. The maximum Gasteiger partial charge on any atom is 0.124 e. The molecule has 102 valence electrons. The van der Waals surface area contributed by atoms with Gasteiger partial charge < -0.3 is 14.6 Å². The molecular weight excluding hydrogens is 252 g/mol. The second-order valence-electron chi connectivity index (χ2n) is 5.06. The number of aliphatic carboxylic acids is 1. The van der Waals surface area contributed by atoms with Crippen LogP contribution in [0.2, 0.25) is 0 Å². The summed E-state index contributed by atoms with van der Waals surface area (Å²) in [5.74, 6) is -0.299. The van der Waals surface area contributed by atoms with E-state index in [0.29, 0.717) is 6.42 Å². The van der Waals surface area contributed by atoms with Gasteiger partial charge >= 0.3 is 0 Å². The molecule has 1 aliphatic rings. The molecule has 0 radical (unpaired) electrons. The van der Waals surface area contributed by atoms with E-state index in [9.17, 15) is 9.90 Å². The molecule has 3 nitrogen and oxygen atoms in total. The average Bonchev–Trinajstić information content (AvgIpc) is 2.47. The zero-order chi connectivity index (χ0) is 13.9. The van der Waals surface area contributed by atoms with Crippen LogP contribution in [-0.4, -0.2) is 5.97 Å². The van der Waals surface area contributed by atoms with Gasteiger partial charge in [0.15, 0.2) is 0 Å². The van der Waals surface area contributed by atoms with Crippen molar-refractivity contribution in [2.45, 2.75) is 24.9 Å². The van der Waals surface area contributed by atoms with E-state index in [0.717, 1.165) is 16.9 Å². The van der Waals surface area contributed by atoms with Gasteiger partial charge in [0.1, 0.15) is 11.9 Å². The molecule has 3 rings (SSSR count). The molecule has 1 heterocycles. The number of hydrogen-bond donors (Lipinski definition) is 0. The third kappa shape index (κ3) is 2.52. The first-order valence-electron chi connectivity index (χ1n) is 6.74. The van der Waals surface area contributed by atoms with Gasteiger partial charge in [-0.15, -0.1) is 0 Å². The SMILES string of the molecule is O=C([O-])C[C@@H]1C[C@H](c2ccccc2)Oc2ccccc21. The lowest BCUT2D eigenvalue weighted by Gasteiger charge is -2.32. The van der Waals surface area contributed by atoms with Crippen molar-refractivity contribution in [1.29, 1.82) is 0 Å². The van der Waals surface area contributed by atoms with Crippen molar-refractivity contribution >= 4 is 5.97 Å². The van der Waals surface area contributed by atoms with Gasteiger partial charge in [0.2, 0.25) is 0 Å². The van der Waals surface area contributed by atoms with Gasteiger partial charge in [-0.25, -0.2) is 0 Å². The van der Waals surface area contributed by atoms with Crippen molar-refractivity contribution in [1.82, 2.24) is 0 Å². The first kappa shape index (κ1) is 12.7.